The first-order chi connectivity index (χ1) is 17.2. The van der Waals surface area contributed by atoms with Crippen molar-refractivity contribution in [2.45, 2.75) is 52.1 Å². The van der Waals surface area contributed by atoms with Crippen molar-refractivity contribution < 1.29 is 18.7 Å². The van der Waals surface area contributed by atoms with E-state index in [0.29, 0.717) is 17.5 Å². The summed E-state index contributed by atoms with van der Waals surface area (Å²) < 4.78 is 29.4. The number of anilines is 2. The number of imidazole rings is 1. The van der Waals surface area contributed by atoms with Gasteiger partial charge in [0.25, 0.3) is 0 Å². The van der Waals surface area contributed by atoms with Gasteiger partial charge >= 0.3 is 6.09 Å². The summed E-state index contributed by atoms with van der Waals surface area (Å²) >= 11 is 0. The number of alkyl halides is 1. The number of rotatable bonds is 6. The summed E-state index contributed by atoms with van der Waals surface area (Å²) in [6, 6.07) is 1.53. The molecule has 1 aliphatic heterocycles. The summed E-state index contributed by atoms with van der Waals surface area (Å²) in [5, 5.41) is 17.1. The second kappa shape index (κ2) is 9.22. The molecule has 0 saturated carbocycles. The zero-order valence-corrected chi connectivity index (χ0v) is 20.6. The predicted octanol–water partition coefficient (Wildman–Crippen LogP) is 3.13. The van der Waals surface area contributed by atoms with Crippen LogP contribution in [0.3, 0.4) is 0 Å². The quantitative estimate of drug-likeness (QED) is 0.370. The lowest BCUT2D eigenvalue weighted by molar-refractivity contribution is 0.0615. The molecule has 0 radical (unpaired) electrons. The van der Waals surface area contributed by atoms with Crippen molar-refractivity contribution >= 4 is 23.5 Å². The number of ether oxygens (including phenoxy) is 2. The summed E-state index contributed by atoms with van der Waals surface area (Å²) in [6.07, 6.45) is 1.13. The van der Waals surface area contributed by atoms with E-state index in [1.54, 1.807) is 43.2 Å². The van der Waals surface area contributed by atoms with Crippen molar-refractivity contribution in [3.63, 3.8) is 0 Å². The highest BCUT2D eigenvalue weighted by Crippen LogP contribution is 2.34. The molecule has 0 aromatic carbocycles. The molecule has 12 nitrogen and oxygen atoms in total. The molecule has 1 amide bonds. The molecule has 1 aliphatic rings. The molecule has 190 valence electrons. The predicted molar refractivity (Wildman–Crippen MR) is 129 cm³/mol. The van der Waals surface area contributed by atoms with Gasteiger partial charge in [0.05, 0.1) is 24.2 Å². The van der Waals surface area contributed by atoms with Crippen LogP contribution < -0.4 is 10.6 Å². The van der Waals surface area contributed by atoms with Gasteiger partial charge in [-0.1, -0.05) is 0 Å². The molecule has 0 bridgehead atoms. The summed E-state index contributed by atoms with van der Waals surface area (Å²) in [5.41, 5.74) is 4.76. The minimum absolute atomic E-state index is 0.0508. The number of fused-ring (bicyclic) bond motifs is 1. The van der Waals surface area contributed by atoms with Crippen molar-refractivity contribution in [3.8, 4) is 11.1 Å². The first-order valence-corrected chi connectivity index (χ1v) is 11.6. The lowest BCUT2D eigenvalue weighted by Gasteiger charge is -2.16. The van der Waals surface area contributed by atoms with E-state index in [1.807, 2.05) is 25.3 Å². The molecule has 0 unspecified atom stereocenters. The average molecular weight is 498 g/mol. The van der Waals surface area contributed by atoms with Crippen LogP contribution in [0.25, 0.3) is 16.8 Å². The SMILES string of the molecule is Cc1nc(Nc2cc([C@H]3OC[C@@H](OC(=O)NC(C)C)[C@@H]3F)[nH]n2)n2ccnc2c1-c1cnn(C)c1C. The van der Waals surface area contributed by atoms with Crippen molar-refractivity contribution in [1.82, 2.24) is 39.7 Å². The molecule has 4 aromatic rings. The van der Waals surface area contributed by atoms with Crippen molar-refractivity contribution in [2.24, 2.45) is 7.05 Å². The van der Waals surface area contributed by atoms with E-state index in [4.69, 9.17) is 14.5 Å². The molecular weight excluding hydrogens is 469 g/mol. The van der Waals surface area contributed by atoms with E-state index in [0.717, 1.165) is 28.2 Å². The Balaban J connectivity index is 1.35. The van der Waals surface area contributed by atoms with Gasteiger partial charge in [-0.15, -0.1) is 0 Å². The molecule has 5 heterocycles. The number of hydrogen-bond donors (Lipinski definition) is 3. The van der Waals surface area contributed by atoms with Crippen LogP contribution in [0.4, 0.5) is 21.0 Å². The summed E-state index contributed by atoms with van der Waals surface area (Å²) in [5.74, 6) is 0.925. The lowest BCUT2D eigenvalue weighted by atomic mass is 10.1. The van der Waals surface area contributed by atoms with Gasteiger partial charge in [0.15, 0.2) is 18.1 Å². The van der Waals surface area contributed by atoms with Crippen LogP contribution in [0.5, 0.6) is 0 Å². The normalized spacial score (nSPS) is 19.8. The minimum atomic E-state index is -1.54. The molecule has 13 heteroatoms. The Morgan fingerprint density at radius 1 is 1.36 bits per heavy atom. The number of nitrogens with zero attached hydrogens (tertiary/aromatic N) is 6. The summed E-state index contributed by atoms with van der Waals surface area (Å²) in [6.45, 7) is 7.44. The number of aromatic nitrogens is 7. The topological polar surface area (TPSA) is 136 Å². The van der Waals surface area contributed by atoms with Crippen LogP contribution in [0.15, 0.2) is 24.7 Å². The second-order valence-corrected chi connectivity index (χ2v) is 9.06. The third-order valence-electron chi connectivity index (χ3n) is 6.13. The maximum absolute atomic E-state index is 15.0. The van der Waals surface area contributed by atoms with E-state index in [-0.39, 0.29) is 12.6 Å². The number of alkyl carbamates (subject to hydrolysis) is 1. The number of aromatic amines is 1. The standard InChI is InChI=1S/C23H28FN9O3/c1-11(2)27-23(34)36-16-10-35-20(19(16)24)15-8-17(31-30-15)29-22-28-12(3)18(21-25-6-7-33(21)22)14-9-26-32(5)13(14)4/h6-9,11,16,19-20H,10H2,1-5H3,(H,27,34)(H2,28,29,30,31)/t16-,19+,20-/m1/s1. The van der Waals surface area contributed by atoms with Crippen LogP contribution in [0, 0.1) is 13.8 Å². The van der Waals surface area contributed by atoms with Gasteiger partial charge in [-0.05, 0) is 27.7 Å². The molecule has 4 aromatic heterocycles. The molecular formula is C23H28FN9O3. The Morgan fingerprint density at radius 3 is 2.89 bits per heavy atom. The number of amides is 1. The van der Waals surface area contributed by atoms with Gasteiger partial charge < -0.3 is 20.1 Å². The third kappa shape index (κ3) is 4.26. The van der Waals surface area contributed by atoms with Crippen molar-refractivity contribution in [3.05, 3.63) is 41.7 Å². The monoisotopic (exact) mass is 497 g/mol. The Labute approximate surface area is 206 Å². The zero-order valence-electron chi connectivity index (χ0n) is 20.6. The number of halogens is 1. The van der Waals surface area contributed by atoms with E-state index in [9.17, 15) is 4.79 Å². The Hall–Kier alpha value is -4.00. The van der Waals surface area contributed by atoms with E-state index in [2.05, 4.69) is 30.9 Å². The number of H-pyrrole nitrogens is 1. The van der Waals surface area contributed by atoms with Crippen molar-refractivity contribution in [2.75, 3.05) is 11.9 Å². The van der Waals surface area contributed by atoms with Crippen molar-refractivity contribution in [1.29, 1.82) is 0 Å². The van der Waals surface area contributed by atoms with Crippen LogP contribution in [0.1, 0.15) is 37.0 Å². The number of carbonyl (C=O) groups is 1. The molecule has 5 rings (SSSR count). The fraction of sp³-hybridized carbons (Fsp3) is 0.435. The van der Waals surface area contributed by atoms with E-state index >= 15 is 4.39 Å². The summed E-state index contributed by atoms with van der Waals surface area (Å²) in [7, 11) is 1.89. The van der Waals surface area contributed by atoms with Gasteiger partial charge in [-0.3, -0.25) is 14.2 Å². The molecule has 0 spiro atoms. The molecule has 36 heavy (non-hydrogen) atoms. The minimum Gasteiger partial charge on any atom is -0.441 e. The van der Waals surface area contributed by atoms with Crippen LogP contribution in [0.2, 0.25) is 0 Å². The van der Waals surface area contributed by atoms with Crippen LogP contribution in [-0.2, 0) is 16.5 Å². The highest BCUT2D eigenvalue weighted by Gasteiger charge is 2.42. The Bertz CT molecular complexity index is 1410. The molecule has 1 saturated heterocycles. The average Bonchev–Trinajstić information content (AvgIpc) is 3.60. The van der Waals surface area contributed by atoms with Gasteiger partial charge in [-0.25, -0.2) is 19.2 Å². The zero-order chi connectivity index (χ0) is 25.6. The third-order valence-corrected chi connectivity index (χ3v) is 6.13. The Kier molecular flexibility index (Phi) is 6.08. The number of carbonyl (C=O) groups excluding carboxylic acids is 1. The Morgan fingerprint density at radius 2 is 2.17 bits per heavy atom. The van der Waals surface area contributed by atoms with E-state index < -0.39 is 24.5 Å². The number of aryl methyl sites for hydroxylation is 2. The lowest BCUT2D eigenvalue weighted by Crippen LogP contribution is -2.36. The fourth-order valence-electron chi connectivity index (χ4n) is 4.24. The first-order valence-electron chi connectivity index (χ1n) is 11.6. The van der Waals surface area contributed by atoms with Gasteiger partial charge in [-0.2, -0.15) is 10.2 Å². The van der Waals surface area contributed by atoms with E-state index in [1.165, 1.54) is 0 Å². The molecule has 3 atom stereocenters. The molecule has 3 N–H and O–H groups in total. The summed E-state index contributed by atoms with van der Waals surface area (Å²) in [4.78, 5) is 21.1. The molecule has 1 fully saturated rings. The van der Waals surface area contributed by atoms with Crippen LogP contribution >= 0.6 is 0 Å². The number of nitrogens with one attached hydrogen (secondary N) is 3. The first kappa shape index (κ1) is 23.7. The molecule has 0 aliphatic carbocycles. The number of hydrogen-bond acceptors (Lipinski definition) is 8. The highest BCUT2D eigenvalue weighted by molar-refractivity contribution is 5.82. The fourth-order valence-corrected chi connectivity index (χ4v) is 4.24. The van der Waals surface area contributed by atoms with Gasteiger partial charge in [0, 0.05) is 48.4 Å². The van der Waals surface area contributed by atoms with Gasteiger partial charge in [0.1, 0.15) is 11.8 Å². The van der Waals surface area contributed by atoms with Gasteiger partial charge in [0.2, 0.25) is 5.95 Å². The highest BCUT2D eigenvalue weighted by atomic mass is 19.1. The second-order valence-electron chi connectivity index (χ2n) is 9.06. The maximum atomic E-state index is 15.0. The maximum Gasteiger partial charge on any atom is 0.407 e. The van der Waals surface area contributed by atoms with Crippen LogP contribution in [-0.4, -0.2) is 65.4 Å². The smallest absolute Gasteiger partial charge is 0.407 e. The largest absolute Gasteiger partial charge is 0.441 e.